The zero-order chi connectivity index (χ0) is 16.1. The van der Waals surface area contributed by atoms with Gasteiger partial charge in [0.2, 0.25) is 5.91 Å². The minimum atomic E-state index is -0.438. The first kappa shape index (κ1) is 16.8. The summed E-state index contributed by atoms with van der Waals surface area (Å²) in [6.45, 7) is 2.01. The van der Waals surface area contributed by atoms with Crippen LogP contribution in [0.15, 0.2) is 29.2 Å². The third-order valence-corrected chi connectivity index (χ3v) is 6.21. The molecule has 5 heteroatoms. The smallest absolute Gasteiger partial charge is 0.234 e. The molecule has 1 heterocycles. The van der Waals surface area contributed by atoms with Crippen LogP contribution in [0.2, 0.25) is 0 Å². The third kappa shape index (κ3) is 4.08. The van der Waals surface area contributed by atoms with E-state index in [0.29, 0.717) is 13.2 Å². The van der Waals surface area contributed by atoms with Gasteiger partial charge in [0.1, 0.15) is 0 Å². The van der Waals surface area contributed by atoms with Crippen LogP contribution in [-0.2, 0) is 9.53 Å². The highest BCUT2D eigenvalue weighted by Crippen LogP contribution is 2.35. The minimum absolute atomic E-state index is 0.0561. The fourth-order valence-corrected chi connectivity index (χ4v) is 4.73. The Kier molecular flexibility index (Phi) is 5.62. The molecule has 1 aliphatic carbocycles. The van der Waals surface area contributed by atoms with Crippen molar-refractivity contribution in [1.29, 1.82) is 0 Å². The molecule has 2 aliphatic rings. The van der Waals surface area contributed by atoms with Crippen molar-refractivity contribution >= 4 is 23.4 Å². The number of carbonyl (C=O) groups is 1. The monoisotopic (exact) mass is 334 g/mol. The van der Waals surface area contributed by atoms with Crippen LogP contribution < -0.4 is 10.6 Å². The number of benzene rings is 1. The second-order valence-electron chi connectivity index (χ2n) is 6.64. The molecule has 0 spiro atoms. The normalized spacial score (nSPS) is 24.9. The first-order chi connectivity index (χ1) is 11.2. The molecule has 2 N–H and O–H groups in total. The van der Waals surface area contributed by atoms with Gasteiger partial charge in [0.05, 0.1) is 12.0 Å². The number of ether oxygens (including phenoxy) is 1. The summed E-state index contributed by atoms with van der Waals surface area (Å²) in [4.78, 5) is 13.9. The van der Waals surface area contributed by atoms with Gasteiger partial charge in [0.15, 0.2) is 0 Å². The standard InChI is InChI=1S/C18H26N2O2S/c1-22-13-18(10-11-19-12-18)17(21)20-14-6-8-16(9-7-14)23-15-4-2-3-5-15/h6-9,15,19H,2-5,10-13H2,1H3,(H,20,21). The molecule has 1 saturated carbocycles. The summed E-state index contributed by atoms with van der Waals surface area (Å²) in [5, 5.41) is 7.10. The van der Waals surface area contributed by atoms with Crippen molar-refractivity contribution in [2.75, 3.05) is 32.1 Å². The lowest BCUT2D eigenvalue weighted by Crippen LogP contribution is -2.41. The van der Waals surface area contributed by atoms with Crippen molar-refractivity contribution in [3.63, 3.8) is 0 Å². The molecule has 126 valence electrons. The number of rotatable bonds is 6. The van der Waals surface area contributed by atoms with E-state index in [1.54, 1.807) is 7.11 Å². The maximum Gasteiger partial charge on any atom is 0.234 e. The summed E-state index contributed by atoms with van der Waals surface area (Å²) in [7, 11) is 1.66. The molecule has 1 unspecified atom stereocenters. The zero-order valence-corrected chi connectivity index (χ0v) is 14.6. The first-order valence-corrected chi connectivity index (χ1v) is 9.38. The second kappa shape index (κ2) is 7.69. The van der Waals surface area contributed by atoms with Crippen LogP contribution in [0.25, 0.3) is 0 Å². The van der Waals surface area contributed by atoms with E-state index in [-0.39, 0.29) is 5.91 Å². The Morgan fingerprint density at radius 1 is 1.35 bits per heavy atom. The van der Waals surface area contributed by atoms with Gasteiger partial charge in [-0.25, -0.2) is 0 Å². The molecule has 4 nitrogen and oxygen atoms in total. The molecule has 23 heavy (non-hydrogen) atoms. The van der Waals surface area contributed by atoms with Crippen molar-refractivity contribution in [2.45, 2.75) is 42.2 Å². The first-order valence-electron chi connectivity index (χ1n) is 8.50. The number of hydrogen-bond acceptors (Lipinski definition) is 4. The Labute approximate surface area is 142 Å². The fraction of sp³-hybridized carbons (Fsp3) is 0.611. The summed E-state index contributed by atoms with van der Waals surface area (Å²) in [5.74, 6) is 0.0561. The summed E-state index contributed by atoms with van der Waals surface area (Å²) in [6.07, 6.45) is 6.20. The quantitative estimate of drug-likeness (QED) is 0.838. The van der Waals surface area contributed by atoms with Crippen molar-refractivity contribution < 1.29 is 9.53 Å². The Hall–Kier alpha value is -1.04. The predicted octanol–water partition coefficient (Wildman–Crippen LogP) is 3.29. The number of thioether (sulfide) groups is 1. The molecular weight excluding hydrogens is 308 g/mol. The summed E-state index contributed by atoms with van der Waals surface area (Å²) >= 11 is 1.97. The Morgan fingerprint density at radius 2 is 2.09 bits per heavy atom. The largest absolute Gasteiger partial charge is 0.384 e. The molecule has 1 amide bonds. The van der Waals surface area contributed by atoms with Gasteiger partial charge in [-0.2, -0.15) is 0 Å². The van der Waals surface area contributed by atoms with E-state index >= 15 is 0 Å². The van der Waals surface area contributed by atoms with Crippen molar-refractivity contribution in [2.24, 2.45) is 5.41 Å². The molecular formula is C18H26N2O2S. The third-order valence-electron chi connectivity index (χ3n) is 4.86. The average Bonchev–Trinajstić information content (AvgIpc) is 3.22. The lowest BCUT2D eigenvalue weighted by molar-refractivity contribution is -0.127. The highest BCUT2D eigenvalue weighted by molar-refractivity contribution is 8.00. The highest BCUT2D eigenvalue weighted by Gasteiger charge is 2.41. The number of methoxy groups -OCH3 is 1. The topological polar surface area (TPSA) is 50.4 Å². The summed E-state index contributed by atoms with van der Waals surface area (Å²) in [5.41, 5.74) is 0.430. The lowest BCUT2D eigenvalue weighted by atomic mass is 9.87. The molecule has 1 aromatic rings. The van der Waals surface area contributed by atoms with Gasteiger partial charge in [-0.1, -0.05) is 12.8 Å². The lowest BCUT2D eigenvalue weighted by Gasteiger charge is -2.26. The van der Waals surface area contributed by atoms with E-state index in [1.165, 1.54) is 30.6 Å². The van der Waals surface area contributed by atoms with Crippen molar-refractivity contribution in [1.82, 2.24) is 5.32 Å². The van der Waals surface area contributed by atoms with Gasteiger partial charge in [-0.15, -0.1) is 11.8 Å². The van der Waals surface area contributed by atoms with Gasteiger partial charge < -0.3 is 15.4 Å². The number of amides is 1. The van der Waals surface area contributed by atoms with Crippen molar-refractivity contribution in [3.05, 3.63) is 24.3 Å². The average molecular weight is 334 g/mol. The van der Waals surface area contributed by atoms with Gasteiger partial charge in [0, 0.05) is 29.5 Å². The van der Waals surface area contributed by atoms with E-state index in [9.17, 15) is 4.79 Å². The minimum Gasteiger partial charge on any atom is -0.384 e. The predicted molar refractivity (Wildman–Crippen MR) is 95.0 cm³/mol. The molecule has 0 bridgehead atoms. The summed E-state index contributed by atoms with van der Waals surface area (Å²) in [6, 6.07) is 8.26. The van der Waals surface area contributed by atoms with Crippen LogP contribution in [0.5, 0.6) is 0 Å². The van der Waals surface area contributed by atoms with Gasteiger partial charge in [0.25, 0.3) is 0 Å². The molecule has 0 aromatic heterocycles. The van der Waals surface area contributed by atoms with Gasteiger partial charge in [-0.05, 0) is 50.1 Å². The number of anilines is 1. The van der Waals surface area contributed by atoms with Gasteiger partial charge >= 0.3 is 0 Å². The summed E-state index contributed by atoms with van der Waals surface area (Å²) < 4.78 is 5.28. The molecule has 0 radical (unpaired) electrons. The van der Waals surface area contributed by atoms with E-state index in [1.807, 2.05) is 23.9 Å². The maximum absolute atomic E-state index is 12.7. The van der Waals surface area contributed by atoms with Crippen LogP contribution in [0.3, 0.4) is 0 Å². The van der Waals surface area contributed by atoms with Crippen LogP contribution in [0.1, 0.15) is 32.1 Å². The SMILES string of the molecule is COCC1(C(=O)Nc2ccc(SC3CCCC3)cc2)CCNC1. The Bertz CT molecular complexity index is 520. The maximum atomic E-state index is 12.7. The molecule has 1 aliphatic heterocycles. The molecule has 1 aromatic carbocycles. The van der Waals surface area contributed by atoms with E-state index in [4.69, 9.17) is 4.74 Å². The molecule has 1 saturated heterocycles. The van der Waals surface area contributed by atoms with E-state index in [2.05, 4.69) is 22.8 Å². The van der Waals surface area contributed by atoms with Crippen LogP contribution in [-0.4, -0.2) is 38.0 Å². The van der Waals surface area contributed by atoms with Gasteiger partial charge in [-0.3, -0.25) is 4.79 Å². The van der Waals surface area contributed by atoms with Crippen LogP contribution in [0.4, 0.5) is 5.69 Å². The second-order valence-corrected chi connectivity index (χ2v) is 8.02. The zero-order valence-electron chi connectivity index (χ0n) is 13.8. The molecule has 1 atom stereocenters. The van der Waals surface area contributed by atoms with E-state index < -0.39 is 5.41 Å². The fourth-order valence-electron chi connectivity index (χ4n) is 3.48. The number of hydrogen-bond donors (Lipinski definition) is 2. The van der Waals surface area contributed by atoms with Crippen LogP contribution >= 0.6 is 11.8 Å². The highest BCUT2D eigenvalue weighted by atomic mass is 32.2. The Balaban J connectivity index is 1.59. The van der Waals surface area contributed by atoms with Crippen molar-refractivity contribution in [3.8, 4) is 0 Å². The van der Waals surface area contributed by atoms with E-state index in [0.717, 1.165) is 23.9 Å². The Morgan fingerprint density at radius 3 is 2.70 bits per heavy atom. The molecule has 2 fully saturated rings. The molecule has 3 rings (SSSR count). The van der Waals surface area contributed by atoms with Crippen LogP contribution in [0, 0.1) is 5.41 Å². The number of nitrogens with one attached hydrogen (secondary N) is 2. The number of carbonyl (C=O) groups excluding carboxylic acids is 1.